The highest BCUT2D eigenvalue weighted by Crippen LogP contribution is 2.23. The van der Waals surface area contributed by atoms with Gasteiger partial charge in [-0.05, 0) is 24.3 Å². The van der Waals surface area contributed by atoms with Gasteiger partial charge in [0.05, 0.1) is 16.3 Å². The lowest BCUT2D eigenvalue weighted by atomic mass is 10.2. The molecule has 0 fully saturated rings. The van der Waals surface area contributed by atoms with Gasteiger partial charge in [-0.15, -0.1) is 0 Å². The normalized spacial score (nSPS) is 10.0. The Morgan fingerprint density at radius 2 is 2.12 bits per heavy atom. The molecule has 0 atom stereocenters. The van der Waals surface area contributed by atoms with Crippen molar-refractivity contribution in [3.05, 3.63) is 47.2 Å². The van der Waals surface area contributed by atoms with Crippen LogP contribution in [-0.2, 0) is 0 Å². The molecule has 1 amide bonds. The van der Waals surface area contributed by atoms with Gasteiger partial charge in [-0.2, -0.15) is 0 Å². The van der Waals surface area contributed by atoms with E-state index in [1.54, 1.807) is 30.5 Å². The fourth-order valence-corrected chi connectivity index (χ4v) is 1.54. The van der Waals surface area contributed by atoms with Crippen molar-refractivity contribution in [2.24, 2.45) is 5.84 Å². The Morgan fingerprint density at radius 1 is 1.29 bits per heavy atom. The molecule has 0 unspecified atom stereocenters. The second-order valence-corrected chi connectivity index (χ2v) is 3.65. The summed E-state index contributed by atoms with van der Waals surface area (Å²) in [6.45, 7) is 0. The van der Waals surface area contributed by atoms with Crippen LogP contribution in [0, 0.1) is 0 Å². The van der Waals surface area contributed by atoms with Crippen LogP contribution in [0.1, 0.15) is 10.4 Å². The highest BCUT2D eigenvalue weighted by molar-refractivity contribution is 6.32. The maximum absolute atomic E-state index is 11.2. The first-order valence-electron chi connectivity index (χ1n) is 4.80. The van der Waals surface area contributed by atoms with Crippen molar-refractivity contribution in [3.63, 3.8) is 0 Å². The topological polar surface area (TPSA) is 80.9 Å². The summed E-state index contributed by atoms with van der Waals surface area (Å²) < 4.78 is 0. The summed E-state index contributed by atoms with van der Waals surface area (Å²) in [5.74, 6) is 4.62. The van der Waals surface area contributed by atoms with Crippen LogP contribution in [0.2, 0.25) is 5.02 Å². The average Bonchev–Trinajstić information content (AvgIpc) is 2.39. The molecule has 3 N–H and O–H groups in total. The Balaban J connectivity index is 2.36. The zero-order chi connectivity index (χ0) is 12.3. The Labute approximate surface area is 103 Å². The molecule has 0 bridgehead atoms. The van der Waals surface area contributed by atoms with Gasteiger partial charge in [0.15, 0.2) is 0 Å². The summed E-state index contributed by atoms with van der Waals surface area (Å²) in [6, 6.07) is 6.74. The molecule has 6 heteroatoms. The number of nitrogens with two attached hydrogens (primary N) is 1. The minimum Gasteiger partial charge on any atom is -0.290 e. The van der Waals surface area contributed by atoms with Crippen molar-refractivity contribution in [1.82, 2.24) is 15.4 Å². The summed E-state index contributed by atoms with van der Waals surface area (Å²) in [5.41, 5.74) is 3.59. The molecule has 17 heavy (non-hydrogen) atoms. The number of rotatable bonds is 2. The minimum absolute atomic E-state index is 0.378. The van der Waals surface area contributed by atoms with Gasteiger partial charge in [-0.3, -0.25) is 20.2 Å². The number of nitrogen functional groups attached to an aromatic ring is 1. The van der Waals surface area contributed by atoms with Crippen LogP contribution in [0.5, 0.6) is 0 Å². The molecule has 86 valence electrons. The van der Waals surface area contributed by atoms with Gasteiger partial charge in [0.2, 0.25) is 0 Å². The number of nitrogens with one attached hydrogen (secondary N) is 1. The van der Waals surface area contributed by atoms with E-state index >= 15 is 0 Å². The number of carbonyl (C=O) groups is 1. The zero-order valence-electron chi connectivity index (χ0n) is 8.72. The molecule has 0 radical (unpaired) electrons. The van der Waals surface area contributed by atoms with E-state index in [1.165, 1.54) is 6.20 Å². The van der Waals surface area contributed by atoms with Gasteiger partial charge in [0.25, 0.3) is 5.91 Å². The lowest BCUT2D eigenvalue weighted by Crippen LogP contribution is -2.30. The maximum atomic E-state index is 11.2. The van der Waals surface area contributed by atoms with Gasteiger partial charge in [0.1, 0.15) is 5.69 Å². The quantitative estimate of drug-likeness (QED) is 0.478. The summed E-state index contributed by atoms with van der Waals surface area (Å²) in [7, 11) is 0. The highest BCUT2D eigenvalue weighted by atomic mass is 35.5. The lowest BCUT2D eigenvalue weighted by Gasteiger charge is -2.03. The van der Waals surface area contributed by atoms with E-state index in [1.807, 2.05) is 5.43 Å². The Bertz CT molecular complexity index is 541. The third kappa shape index (κ3) is 2.41. The molecule has 0 saturated heterocycles. The van der Waals surface area contributed by atoms with Crippen LogP contribution in [0.15, 0.2) is 36.7 Å². The van der Waals surface area contributed by atoms with Gasteiger partial charge < -0.3 is 0 Å². The van der Waals surface area contributed by atoms with Gasteiger partial charge in [-0.25, -0.2) is 5.84 Å². The first-order chi connectivity index (χ1) is 8.22. The lowest BCUT2D eigenvalue weighted by molar-refractivity contribution is 0.0953. The fraction of sp³-hybridized carbons (Fsp3) is 0. The van der Waals surface area contributed by atoms with E-state index in [9.17, 15) is 4.79 Å². The second-order valence-electron chi connectivity index (χ2n) is 3.24. The predicted molar refractivity (Wildman–Crippen MR) is 64.1 cm³/mol. The number of pyridine rings is 2. The van der Waals surface area contributed by atoms with E-state index in [2.05, 4.69) is 9.97 Å². The maximum Gasteiger partial charge on any atom is 0.266 e. The molecule has 0 aliphatic heterocycles. The van der Waals surface area contributed by atoms with Crippen molar-refractivity contribution in [3.8, 4) is 11.4 Å². The van der Waals surface area contributed by atoms with Crippen molar-refractivity contribution in [1.29, 1.82) is 0 Å². The van der Waals surface area contributed by atoms with Gasteiger partial charge in [-0.1, -0.05) is 11.6 Å². The summed E-state index contributed by atoms with van der Waals surface area (Å²) in [5, 5.41) is 0.510. The van der Waals surface area contributed by atoms with E-state index in [-0.39, 0.29) is 0 Å². The van der Waals surface area contributed by atoms with Crippen LogP contribution >= 0.6 is 11.6 Å². The minimum atomic E-state index is -0.392. The van der Waals surface area contributed by atoms with Gasteiger partial charge in [0, 0.05) is 12.4 Å². The second kappa shape index (κ2) is 4.90. The number of amides is 1. The number of nitrogens with zero attached hydrogens (tertiary/aromatic N) is 2. The van der Waals surface area contributed by atoms with E-state index in [0.717, 1.165) is 0 Å². The first-order valence-corrected chi connectivity index (χ1v) is 5.18. The molecule has 2 aromatic heterocycles. The number of carbonyl (C=O) groups excluding carboxylic acids is 1. The molecule has 2 rings (SSSR count). The SMILES string of the molecule is NNC(=O)c1ccc(-c2ncccc2Cl)nc1. The largest absolute Gasteiger partial charge is 0.290 e. The molecule has 0 saturated carbocycles. The van der Waals surface area contributed by atoms with Crippen molar-refractivity contribution < 1.29 is 4.79 Å². The molecule has 2 heterocycles. The van der Waals surface area contributed by atoms with Crippen LogP contribution < -0.4 is 11.3 Å². The molecular weight excluding hydrogens is 240 g/mol. The molecule has 5 nitrogen and oxygen atoms in total. The zero-order valence-corrected chi connectivity index (χ0v) is 9.48. The van der Waals surface area contributed by atoms with Crippen molar-refractivity contribution in [2.45, 2.75) is 0 Å². The van der Waals surface area contributed by atoms with E-state index in [0.29, 0.717) is 22.0 Å². The van der Waals surface area contributed by atoms with E-state index < -0.39 is 5.91 Å². The average molecular weight is 249 g/mol. The third-order valence-corrected chi connectivity index (χ3v) is 2.46. The number of hydrazine groups is 1. The summed E-state index contributed by atoms with van der Waals surface area (Å²) >= 11 is 5.99. The summed E-state index contributed by atoms with van der Waals surface area (Å²) in [6.07, 6.45) is 3.05. The van der Waals surface area contributed by atoms with Crippen LogP contribution in [0.25, 0.3) is 11.4 Å². The molecule has 2 aromatic rings. The standard InChI is InChI=1S/C11H9ClN4O/c12-8-2-1-5-14-10(8)9-4-3-7(6-15-9)11(17)16-13/h1-6H,13H2,(H,16,17). The highest BCUT2D eigenvalue weighted by Gasteiger charge is 2.08. The molecule has 0 aromatic carbocycles. The van der Waals surface area contributed by atoms with Gasteiger partial charge >= 0.3 is 0 Å². The predicted octanol–water partition coefficient (Wildman–Crippen LogP) is 1.40. The van der Waals surface area contributed by atoms with E-state index in [4.69, 9.17) is 17.4 Å². The van der Waals surface area contributed by atoms with Crippen LogP contribution in [0.3, 0.4) is 0 Å². The number of hydrogen-bond acceptors (Lipinski definition) is 4. The number of aromatic nitrogens is 2. The first kappa shape index (κ1) is 11.5. The Kier molecular flexibility index (Phi) is 3.32. The monoisotopic (exact) mass is 248 g/mol. The molecular formula is C11H9ClN4O. The Hall–Kier alpha value is -1.98. The Morgan fingerprint density at radius 3 is 2.71 bits per heavy atom. The summed E-state index contributed by atoms with van der Waals surface area (Å²) in [4.78, 5) is 19.4. The number of hydrogen-bond donors (Lipinski definition) is 2. The molecule has 0 aliphatic rings. The van der Waals surface area contributed by atoms with Crippen molar-refractivity contribution in [2.75, 3.05) is 0 Å². The fourth-order valence-electron chi connectivity index (χ4n) is 1.33. The van der Waals surface area contributed by atoms with Crippen LogP contribution in [0.4, 0.5) is 0 Å². The number of halogens is 1. The third-order valence-electron chi connectivity index (χ3n) is 2.16. The molecule has 0 aliphatic carbocycles. The van der Waals surface area contributed by atoms with Crippen molar-refractivity contribution >= 4 is 17.5 Å². The van der Waals surface area contributed by atoms with Crippen LogP contribution in [-0.4, -0.2) is 15.9 Å². The smallest absolute Gasteiger partial charge is 0.266 e. The molecule has 0 spiro atoms.